The van der Waals surface area contributed by atoms with Crippen LogP contribution in [0.4, 0.5) is 10.5 Å². The smallest absolute Gasteiger partial charge is 0.319 e. The number of hydrogen-bond acceptors (Lipinski definition) is 4. The number of nitrogens with one attached hydrogen (secondary N) is 2. The van der Waals surface area contributed by atoms with E-state index in [0.717, 1.165) is 33.5 Å². The first-order valence-electron chi connectivity index (χ1n) is 8.83. The number of urea groups is 1. The van der Waals surface area contributed by atoms with Gasteiger partial charge in [0.2, 0.25) is 0 Å². The van der Waals surface area contributed by atoms with E-state index in [0.29, 0.717) is 6.54 Å². The molecule has 142 valence electrons. The van der Waals surface area contributed by atoms with Crippen LogP contribution in [-0.4, -0.2) is 21.9 Å². The highest BCUT2D eigenvalue weighted by Gasteiger charge is 2.10. The number of aromatic nitrogens is 2. The summed E-state index contributed by atoms with van der Waals surface area (Å²) < 4.78 is 7.24. The van der Waals surface area contributed by atoms with Crippen LogP contribution in [0.2, 0.25) is 0 Å². The average molecular weight is 385 g/mol. The molecule has 0 unspecified atom stereocenters. The minimum atomic E-state index is -0.222. The molecule has 2 heterocycles. The Morgan fingerprint density at radius 1 is 1.26 bits per heavy atom. The molecule has 0 saturated heterocycles. The maximum atomic E-state index is 12.2. The van der Waals surface area contributed by atoms with Crippen LogP contribution in [0.25, 0.3) is 0 Å². The standard InChI is InChI=1S/C20H24N4O2S/c1-14-11-16(3)24(23-14)12-15(2)21-20(25)22-17-6-8-19(9-7-17)27-13-18-5-4-10-26-18/h4-11,15H,12-13H2,1-3H3,(H2,21,22,25)/t15-/m1/s1. The van der Waals surface area contributed by atoms with Crippen LogP contribution >= 0.6 is 11.8 Å². The maximum absolute atomic E-state index is 12.2. The Labute approximate surface area is 163 Å². The molecule has 0 fully saturated rings. The first-order chi connectivity index (χ1) is 13.0. The third-order valence-electron chi connectivity index (χ3n) is 4.00. The van der Waals surface area contributed by atoms with Crippen LogP contribution in [0.5, 0.6) is 0 Å². The van der Waals surface area contributed by atoms with Gasteiger partial charge in [-0.15, -0.1) is 11.8 Å². The Bertz CT molecular complexity index is 872. The number of amides is 2. The van der Waals surface area contributed by atoms with E-state index in [1.54, 1.807) is 18.0 Å². The van der Waals surface area contributed by atoms with Gasteiger partial charge in [0.1, 0.15) is 5.76 Å². The van der Waals surface area contributed by atoms with Crippen molar-refractivity contribution in [2.75, 3.05) is 5.32 Å². The van der Waals surface area contributed by atoms with E-state index in [4.69, 9.17) is 4.42 Å². The summed E-state index contributed by atoms with van der Waals surface area (Å²) >= 11 is 1.69. The van der Waals surface area contributed by atoms with E-state index in [1.807, 2.05) is 67.9 Å². The monoisotopic (exact) mass is 384 g/mol. The molecule has 1 atom stereocenters. The molecule has 7 heteroatoms. The molecule has 2 aromatic heterocycles. The van der Waals surface area contributed by atoms with Gasteiger partial charge in [0.15, 0.2) is 0 Å². The van der Waals surface area contributed by atoms with Crippen molar-refractivity contribution in [3.63, 3.8) is 0 Å². The van der Waals surface area contributed by atoms with Crippen LogP contribution in [0.1, 0.15) is 24.1 Å². The first kappa shape index (κ1) is 19.1. The largest absolute Gasteiger partial charge is 0.468 e. The molecule has 1 aromatic carbocycles. The minimum Gasteiger partial charge on any atom is -0.468 e. The molecule has 3 aromatic rings. The summed E-state index contributed by atoms with van der Waals surface area (Å²) in [7, 11) is 0. The van der Waals surface area contributed by atoms with Gasteiger partial charge >= 0.3 is 6.03 Å². The van der Waals surface area contributed by atoms with E-state index in [9.17, 15) is 4.79 Å². The van der Waals surface area contributed by atoms with Crippen LogP contribution in [0, 0.1) is 13.8 Å². The Morgan fingerprint density at radius 2 is 2.04 bits per heavy atom. The number of carbonyl (C=O) groups excluding carboxylic acids is 1. The summed E-state index contributed by atoms with van der Waals surface area (Å²) in [6, 6.07) is 13.4. The quantitative estimate of drug-likeness (QED) is 0.584. The second-order valence-electron chi connectivity index (χ2n) is 6.50. The topological polar surface area (TPSA) is 72.1 Å². The molecular weight excluding hydrogens is 360 g/mol. The number of benzene rings is 1. The number of aryl methyl sites for hydroxylation is 2. The van der Waals surface area contributed by atoms with Crippen molar-refractivity contribution in [3.05, 3.63) is 65.9 Å². The van der Waals surface area contributed by atoms with Gasteiger partial charge in [-0.25, -0.2) is 4.79 Å². The highest BCUT2D eigenvalue weighted by Crippen LogP contribution is 2.24. The fourth-order valence-corrected chi connectivity index (χ4v) is 3.54. The van der Waals surface area contributed by atoms with Crippen molar-refractivity contribution in [2.24, 2.45) is 0 Å². The predicted molar refractivity (Wildman–Crippen MR) is 108 cm³/mol. The van der Waals surface area contributed by atoms with Gasteiger partial charge in [0.05, 0.1) is 24.3 Å². The van der Waals surface area contributed by atoms with Gasteiger partial charge in [-0.1, -0.05) is 0 Å². The highest BCUT2D eigenvalue weighted by atomic mass is 32.2. The van der Waals surface area contributed by atoms with Gasteiger partial charge in [-0.05, 0) is 63.2 Å². The average Bonchev–Trinajstić information content (AvgIpc) is 3.24. The maximum Gasteiger partial charge on any atom is 0.319 e. The molecule has 27 heavy (non-hydrogen) atoms. The van der Waals surface area contributed by atoms with E-state index in [2.05, 4.69) is 15.7 Å². The lowest BCUT2D eigenvalue weighted by molar-refractivity contribution is 0.247. The molecule has 0 spiro atoms. The zero-order valence-electron chi connectivity index (χ0n) is 15.7. The Balaban J connectivity index is 1.46. The Kier molecular flexibility index (Phi) is 6.24. The number of carbonyl (C=O) groups is 1. The van der Waals surface area contributed by atoms with Crippen molar-refractivity contribution >= 4 is 23.5 Å². The van der Waals surface area contributed by atoms with Crippen molar-refractivity contribution in [1.29, 1.82) is 0 Å². The van der Waals surface area contributed by atoms with Crippen molar-refractivity contribution in [1.82, 2.24) is 15.1 Å². The van der Waals surface area contributed by atoms with Gasteiger partial charge < -0.3 is 15.1 Å². The Morgan fingerprint density at radius 3 is 2.67 bits per heavy atom. The number of nitrogens with zero attached hydrogens (tertiary/aromatic N) is 2. The van der Waals surface area contributed by atoms with Crippen LogP contribution < -0.4 is 10.6 Å². The first-order valence-corrected chi connectivity index (χ1v) is 9.82. The molecule has 6 nitrogen and oxygen atoms in total. The number of anilines is 1. The van der Waals surface area contributed by atoms with Gasteiger partial charge in [-0.3, -0.25) is 4.68 Å². The van der Waals surface area contributed by atoms with Crippen molar-refractivity contribution < 1.29 is 9.21 Å². The highest BCUT2D eigenvalue weighted by molar-refractivity contribution is 7.98. The van der Waals surface area contributed by atoms with Crippen LogP contribution in [0.3, 0.4) is 0 Å². The number of furan rings is 1. The molecule has 0 saturated carbocycles. The molecular formula is C20H24N4O2S. The lowest BCUT2D eigenvalue weighted by atomic mass is 10.3. The number of thioether (sulfide) groups is 1. The summed E-state index contributed by atoms with van der Waals surface area (Å²) in [6.45, 7) is 6.57. The molecule has 2 amide bonds. The molecule has 3 rings (SSSR count). The van der Waals surface area contributed by atoms with Crippen molar-refractivity contribution in [2.45, 2.75) is 44.0 Å². The number of hydrogen-bond donors (Lipinski definition) is 2. The molecule has 0 radical (unpaired) electrons. The van der Waals surface area contributed by atoms with Gasteiger partial charge in [0.25, 0.3) is 0 Å². The van der Waals surface area contributed by atoms with E-state index >= 15 is 0 Å². The zero-order chi connectivity index (χ0) is 19.2. The molecule has 0 bridgehead atoms. The SMILES string of the molecule is Cc1cc(C)n(C[C@@H](C)NC(=O)Nc2ccc(SCc3ccco3)cc2)n1. The molecule has 0 aliphatic heterocycles. The van der Waals surface area contributed by atoms with E-state index < -0.39 is 0 Å². The van der Waals surface area contributed by atoms with Crippen LogP contribution in [-0.2, 0) is 12.3 Å². The molecule has 0 aliphatic carbocycles. The normalized spacial score (nSPS) is 12.0. The lowest BCUT2D eigenvalue weighted by Crippen LogP contribution is -2.38. The fourth-order valence-electron chi connectivity index (χ4n) is 2.74. The Hall–Kier alpha value is -2.67. The third-order valence-corrected chi connectivity index (χ3v) is 5.04. The lowest BCUT2D eigenvalue weighted by Gasteiger charge is -2.16. The molecule has 2 N–H and O–H groups in total. The zero-order valence-corrected chi connectivity index (χ0v) is 16.5. The number of rotatable bonds is 7. The summed E-state index contributed by atoms with van der Waals surface area (Å²) in [4.78, 5) is 13.3. The third kappa shape index (κ3) is 5.65. The summed E-state index contributed by atoms with van der Waals surface area (Å²) in [5, 5.41) is 10.2. The van der Waals surface area contributed by atoms with E-state index in [-0.39, 0.29) is 12.1 Å². The van der Waals surface area contributed by atoms with Gasteiger partial charge in [-0.2, -0.15) is 5.10 Å². The second kappa shape index (κ2) is 8.81. The fraction of sp³-hybridized carbons (Fsp3) is 0.300. The summed E-state index contributed by atoms with van der Waals surface area (Å²) in [5.74, 6) is 1.72. The molecule has 0 aliphatic rings. The summed E-state index contributed by atoms with van der Waals surface area (Å²) in [5.41, 5.74) is 2.83. The second-order valence-corrected chi connectivity index (χ2v) is 7.55. The minimum absolute atomic E-state index is 0.0360. The van der Waals surface area contributed by atoms with E-state index in [1.165, 1.54) is 0 Å². The predicted octanol–water partition coefficient (Wildman–Crippen LogP) is 4.60. The summed E-state index contributed by atoms with van der Waals surface area (Å²) in [6.07, 6.45) is 1.68. The van der Waals surface area contributed by atoms with Crippen LogP contribution in [0.15, 0.2) is 58.0 Å². The van der Waals surface area contributed by atoms with Gasteiger partial charge in [0, 0.05) is 22.3 Å². The van der Waals surface area contributed by atoms with Crippen molar-refractivity contribution in [3.8, 4) is 0 Å².